The van der Waals surface area contributed by atoms with Gasteiger partial charge in [-0.05, 0) is 42.5 Å². The number of benzene rings is 2. The topological polar surface area (TPSA) is 60.9 Å². The first-order chi connectivity index (χ1) is 13.5. The van der Waals surface area contributed by atoms with Crippen LogP contribution in [-0.2, 0) is 11.3 Å². The standard InChI is InChI=1S/C21H22N2O4S/c1-23(2)17-8-5-14(6-9-17)21(24)27-12-16-13-28-20(22-16)15-7-10-18(25-3)19(11-15)26-4/h5-11,13H,12H2,1-4H3. The Morgan fingerprint density at radius 3 is 2.39 bits per heavy atom. The number of nitrogens with zero attached hydrogens (tertiary/aromatic N) is 2. The van der Waals surface area contributed by atoms with E-state index in [9.17, 15) is 4.79 Å². The number of hydrogen-bond donors (Lipinski definition) is 0. The van der Waals surface area contributed by atoms with E-state index in [1.54, 1.807) is 26.4 Å². The van der Waals surface area contributed by atoms with Crippen molar-refractivity contribution in [3.63, 3.8) is 0 Å². The van der Waals surface area contributed by atoms with Crippen LogP contribution in [-0.4, -0.2) is 39.3 Å². The van der Waals surface area contributed by atoms with Gasteiger partial charge in [0.2, 0.25) is 0 Å². The monoisotopic (exact) mass is 398 g/mol. The Bertz CT molecular complexity index is 951. The SMILES string of the molecule is COc1ccc(-c2nc(COC(=O)c3ccc(N(C)C)cc3)cs2)cc1OC. The quantitative estimate of drug-likeness (QED) is 0.555. The zero-order valence-corrected chi connectivity index (χ0v) is 17.1. The summed E-state index contributed by atoms with van der Waals surface area (Å²) in [5, 5.41) is 2.71. The van der Waals surface area contributed by atoms with Gasteiger partial charge in [0.1, 0.15) is 11.6 Å². The van der Waals surface area contributed by atoms with Gasteiger partial charge in [-0.2, -0.15) is 0 Å². The van der Waals surface area contributed by atoms with Crippen LogP contribution in [0.15, 0.2) is 47.8 Å². The zero-order valence-electron chi connectivity index (χ0n) is 16.3. The summed E-state index contributed by atoms with van der Waals surface area (Å²) in [6.07, 6.45) is 0. The van der Waals surface area contributed by atoms with E-state index >= 15 is 0 Å². The highest BCUT2D eigenvalue weighted by atomic mass is 32.1. The molecule has 1 heterocycles. The van der Waals surface area contributed by atoms with E-state index < -0.39 is 0 Å². The molecular formula is C21H22N2O4S. The molecule has 3 rings (SSSR count). The first kappa shape index (κ1) is 19.7. The van der Waals surface area contributed by atoms with Gasteiger partial charge in [0.15, 0.2) is 11.5 Å². The molecule has 6 nitrogen and oxygen atoms in total. The van der Waals surface area contributed by atoms with Crippen LogP contribution < -0.4 is 14.4 Å². The Morgan fingerprint density at radius 1 is 1.04 bits per heavy atom. The van der Waals surface area contributed by atoms with E-state index in [0.717, 1.165) is 16.3 Å². The van der Waals surface area contributed by atoms with Crippen molar-refractivity contribution in [2.75, 3.05) is 33.2 Å². The highest BCUT2D eigenvalue weighted by Gasteiger charge is 2.12. The third-order valence-corrected chi connectivity index (χ3v) is 5.09. The Hall–Kier alpha value is -3.06. The van der Waals surface area contributed by atoms with Crippen molar-refractivity contribution >= 4 is 23.0 Å². The minimum absolute atomic E-state index is 0.123. The molecule has 0 unspecified atom stereocenters. The van der Waals surface area contributed by atoms with Crippen LogP contribution in [0.5, 0.6) is 11.5 Å². The van der Waals surface area contributed by atoms with Gasteiger partial charge in [0.05, 0.1) is 25.5 Å². The molecular weight excluding hydrogens is 376 g/mol. The maximum Gasteiger partial charge on any atom is 0.338 e. The second kappa shape index (κ2) is 8.75. The van der Waals surface area contributed by atoms with Gasteiger partial charge < -0.3 is 19.1 Å². The first-order valence-corrected chi connectivity index (χ1v) is 9.51. The number of carbonyl (C=O) groups excluding carboxylic acids is 1. The average Bonchev–Trinajstić information content (AvgIpc) is 3.20. The summed E-state index contributed by atoms with van der Waals surface area (Å²) in [5.41, 5.74) is 3.16. The molecule has 1 aromatic heterocycles. The summed E-state index contributed by atoms with van der Waals surface area (Å²) in [4.78, 5) is 18.8. The number of esters is 1. The molecule has 2 aromatic carbocycles. The molecule has 0 N–H and O–H groups in total. The highest BCUT2D eigenvalue weighted by Crippen LogP contribution is 2.33. The lowest BCUT2D eigenvalue weighted by molar-refractivity contribution is 0.0468. The smallest absolute Gasteiger partial charge is 0.338 e. The van der Waals surface area contributed by atoms with Crippen LogP contribution in [0.4, 0.5) is 5.69 Å². The normalized spacial score (nSPS) is 10.4. The molecule has 0 spiro atoms. The summed E-state index contributed by atoms with van der Waals surface area (Å²) in [6.45, 7) is 0.123. The summed E-state index contributed by atoms with van der Waals surface area (Å²) in [7, 11) is 7.10. The van der Waals surface area contributed by atoms with Crippen molar-refractivity contribution in [2.45, 2.75) is 6.61 Å². The first-order valence-electron chi connectivity index (χ1n) is 8.63. The van der Waals surface area contributed by atoms with Crippen molar-refractivity contribution in [3.8, 4) is 22.1 Å². The van der Waals surface area contributed by atoms with E-state index in [0.29, 0.717) is 22.8 Å². The second-order valence-corrected chi connectivity index (χ2v) is 7.09. The fourth-order valence-electron chi connectivity index (χ4n) is 2.59. The fraction of sp³-hybridized carbons (Fsp3) is 0.238. The lowest BCUT2D eigenvalue weighted by atomic mass is 10.2. The van der Waals surface area contributed by atoms with Gasteiger partial charge >= 0.3 is 5.97 Å². The van der Waals surface area contributed by atoms with Crippen LogP contribution in [0.1, 0.15) is 16.1 Å². The third kappa shape index (κ3) is 4.43. The molecule has 7 heteroatoms. The van der Waals surface area contributed by atoms with Gasteiger partial charge in [0.25, 0.3) is 0 Å². The molecule has 0 bridgehead atoms. The summed E-state index contributed by atoms with van der Waals surface area (Å²) < 4.78 is 16.0. The number of ether oxygens (including phenoxy) is 3. The van der Waals surface area contributed by atoms with Crippen LogP contribution in [0.3, 0.4) is 0 Å². The van der Waals surface area contributed by atoms with Crippen molar-refractivity contribution < 1.29 is 19.0 Å². The van der Waals surface area contributed by atoms with Crippen molar-refractivity contribution in [1.82, 2.24) is 4.98 Å². The van der Waals surface area contributed by atoms with E-state index in [4.69, 9.17) is 14.2 Å². The Morgan fingerprint density at radius 2 is 1.75 bits per heavy atom. The predicted octanol–water partition coefficient (Wildman–Crippen LogP) is 4.25. The van der Waals surface area contributed by atoms with Crippen LogP contribution in [0.25, 0.3) is 10.6 Å². The second-order valence-electron chi connectivity index (χ2n) is 6.23. The molecule has 0 saturated heterocycles. The Kier molecular flexibility index (Phi) is 6.16. The molecule has 0 atom stereocenters. The summed E-state index contributed by atoms with van der Waals surface area (Å²) in [6, 6.07) is 12.9. The van der Waals surface area contributed by atoms with E-state index in [-0.39, 0.29) is 12.6 Å². The molecule has 146 valence electrons. The third-order valence-electron chi connectivity index (χ3n) is 4.15. The van der Waals surface area contributed by atoms with Gasteiger partial charge in [-0.3, -0.25) is 0 Å². The molecule has 0 saturated carbocycles. The fourth-order valence-corrected chi connectivity index (χ4v) is 3.40. The highest BCUT2D eigenvalue weighted by molar-refractivity contribution is 7.13. The van der Waals surface area contributed by atoms with E-state index in [1.165, 1.54) is 11.3 Å². The number of rotatable bonds is 7. The van der Waals surface area contributed by atoms with Crippen LogP contribution in [0.2, 0.25) is 0 Å². The maximum atomic E-state index is 12.2. The summed E-state index contributed by atoms with van der Waals surface area (Å²) >= 11 is 1.48. The predicted molar refractivity (Wildman–Crippen MR) is 111 cm³/mol. The Balaban J connectivity index is 1.65. The van der Waals surface area contributed by atoms with E-state index in [1.807, 2.05) is 54.7 Å². The maximum absolute atomic E-state index is 12.2. The van der Waals surface area contributed by atoms with Gasteiger partial charge in [-0.15, -0.1) is 11.3 Å². The number of anilines is 1. The molecule has 0 aliphatic carbocycles. The Labute approximate surface area is 168 Å². The molecule has 28 heavy (non-hydrogen) atoms. The lowest BCUT2D eigenvalue weighted by Gasteiger charge is -2.12. The van der Waals surface area contributed by atoms with Crippen molar-refractivity contribution in [1.29, 1.82) is 0 Å². The molecule has 0 radical (unpaired) electrons. The minimum Gasteiger partial charge on any atom is -0.493 e. The van der Waals surface area contributed by atoms with Crippen LogP contribution >= 0.6 is 11.3 Å². The number of thiazole rings is 1. The van der Waals surface area contributed by atoms with Gasteiger partial charge in [-0.25, -0.2) is 9.78 Å². The molecule has 0 fully saturated rings. The van der Waals surface area contributed by atoms with Crippen molar-refractivity contribution in [2.24, 2.45) is 0 Å². The molecule has 0 aliphatic heterocycles. The van der Waals surface area contributed by atoms with E-state index in [2.05, 4.69) is 4.98 Å². The number of carbonyl (C=O) groups is 1. The van der Waals surface area contributed by atoms with Crippen LogP contribution in [0, 0.1) is 0 Å². The van der Waals surface area contributed by atoms with Crippen molar-refractivity contribution in [3.05, 3.63) is 59.1 Å². The number of hydrogen-bond acceptors (Lipinski definition) is 7. The van der Waals surface area contributed by atoms with Gasteiger partial charge in [0, 0.05) is 30.7 Å². The minimum atomic E-state index is -0.369. The van der Waals surface area contributed by atoms with Gasteiger partial charge in [-0.1, -0.05) is 0 Å². The molecule has 0 aliphatic rings. The number of methoxy groups -OCH3 is 2. The molecule has 3 aromatic rings. The molecule has 0 amide bonds. The average molecular weight is 398 g/mol. The summed E-state index contributed by atoms with van der Waals surface area (Å²) in [5.74, 6) is 0.938. The number of aromatic nitrogens is 1. The largest absolute Gasteiger partial charge is 0.493 e. The lowest BCUT2D eigenvalue weighted by Crippen LogP contribution is -2.09. The zero-order chi connectivity index (χ0) is 20.1.